The molecule has 0 spiro atoms. The second kappa shape index (κ2) is 6.05. The molecule has 18 heavy (non-hydrogen) atoms. The molecule has 0 N–H and O–H groups in total. The van der Waals surface area contributed by atoms with Gasteiger partial charge in [0.05, 0.1) is 6.00 Å². The lowest BCUT2D eigenvalue weighted by atomic mass is 9.86. The molecule has 0 saturated carbocycles. The van der Waals surface area contributed by atoms with Crippen LogP contribution in [0.15, 0.2) is 23.1 Å². The summed E-state index contributed by atoms with van der Waals surface area (Å²) in [4.78, 5) is 1.33. The highest BCUT2D eigenvalue weighted by molar-refractivity contribution is 7.99. The van der Waals surface area contributed by atoms with E-state index < -0.39 is 0 Å². The molecule has 0 heterocycles. The summed E-state index contributed by atoms with van der Waals surface area (Å²) < 4.78 is 5.92. The first-order valence-corrected chi connectivity index (χ1v) is 7.56. The third kappa shape index (κ3) is 4.60. The Hall–Kier alpha value is -0.565. The van der Waals surface area contributed by atoms with Crippen LogP contribution in [0.4, 0.5) is 0 Å². The Balaban J connectivity index is 3.12. The lowest BCUT2D eigenvalue weighted by Gasteiger charge is -2.25. The summed E-state index contributed by atoms with van der Waals surface area (Å²) in [7, 11) is 2.07. The first-order valence-electron chi connectivity index (χ1n) is 6.68. The average molecular weight is 264 g/mol. The van der Waals surface area contributed by atoms with E-state index in [2.05, 4.69) is 67.6 Å². The molecule has 0 aliphatic heterocycles. The van der Waals surface area contributed by atoms with Crippen molar-refractivity contribution >= 4 is 19.6 Å². The van der Waals surface area contributed by atoms with Gasteiger partial charge in [0.2, 0.25) is 0 Å². The molecule has 1 rings (SSSR count). The standard InChI is InChI=1S/C15H25BOS/c1-10(2)18-12-7-8-14(17-11(3)16)13(9-12)15(4,5)6/h7-11H,16H2,1-6H3. The van der Waals surface area contributed by atoms with E-state index in [1.165, 1.54) is 10.5 Å². The van der Waals surface area contributed by atoms with Gasteiger partial charge in [-0.05, 0) is 30.5 Å². The van der Waals surface area contributed by atoms with Crippen molar-refractivity contribution in [1.29, 1.82) is 0 Å². The Labute approximate surface area is 117 Å². The van der Waals surface area contributed by atoms with Crippen LogP contribution in [-0.2, 0) is 5.41 Å². The van der Waals surface area contributed by atoms with Gasteiger partial charge in [-0.1, -0.05) is 34.6 Å². The Morgan fingerprint density at radius 2 is 1.78 bits per heavy atom. The SMILES string of the molecule is BC(C)Oc1ccc(SC(C)C)cc1C(C)(C)C. The van der Waals surface area contributed by atoms with Gasteiger partial charge in [0.25, 0.3) is 0 Å². The van der Waals surface area contributed by atoms with Gasteiger partial charge in [-0.2, -0.15) is 0 Å². The van der Waals surface area contributed by atoms with Gasteiger partial charge in [-0.25, -0.2) is 0 Å². The van der Waals surface area contributed by atoms with Crippen molar-refractivity contribution in [2.24, 2.45) is 0 Å². The number of benzene rings is 1. The van der Waals surface area contributed by atoms with Gasteiger partial charge < -0.3 is 4.74 Å². The molecule has 0 aliphatic carbocycles. The fourth-order valence-corrected chi connectivity index (χ4v) is 2.67. The Morgan fingerprint density at radius 3 is 2.22 bits per heavy atom. The van der Waals surface area contributed by atoms with E-state index >= 15 is 0 Å². The molecule has 0 radical (unpaired) electrons. The molecule has 1 aromatic rings. The van der Waals surface area contributed by atoms with Crippen molar-refractivity contribution in [1.82, 2.24) is 0 Å². The zero-order valence-corrected chi connectivity index (χ0v) is 13.5. The van der Waals surface area contributed by atoms with E-state index in [1.807, 2.05) is 11.8 Å². The van der Waals surface area contributed by atoms with Crippen LogP contribution in [0.1, 0.15) is 47.1 Å². The molecule has 1 aromatic carbocycles. The maximum Gasteiger partial charge on any atom is 0.154 e. The number of hydrogen-bond acceptors (Lipinski definition) is 2. The Morgan fingerprint density at radius 1 is 1.17 bits per heavy atom. The number of hydrogen-bond donors (Lipinski definition) is 0. The summed E-state index contributed by atoms with van der Waals surface area (Å²) in [6.45, 7) is 13.2. The molecular weight excluding hydrogens is 239 g/mol. The topological polar surface area (TPSA) is 9.23 Å². The maximum atomic E-state index is 5.92. The van der Waals surface area contributed by atoms with Gasteiger partial charge in [-0.15, -0.1) is 11.8 Å². The van der Waals surface area contributed by atoms with Crippen LogP contribution >= 0.6 is 11.8 Å². The van der Waals surface area contributed by atoms with E-state index in [-0.39, 0.29) is 11.4 Å². The third-order valence-electron chi connectivity index (χ3n) is 2.49. The largest absolute Gasteiger partial charge is 0.500 e. The van der Waals surface area contributed by atoms with Crippen molar-refractivity contribution in [2.75, 3.05) is 0 Å². The maximum absolute atomic E-state index is 5.92. The molecule has 100 valence electrons. The van der Waals surface area contributed by atoms with E-state index in [1.54, 1.807) is 0 Å². The van der Waals surface area contributed by atoms with Gasteiger partial charge >= 0.3 is 0 Å². The predicted molar refractivity (Wildman–Crippen MR) is 84.8 cm³/mol. The van der Waals surface area contributed by atoms with Crippen LogP contribution < -0.4 is 4.74 Å². The lowest BCUT2D eigenvalue weighted by molar-refractivity contribution is 0.292. The second-order valence-electron chi connectivity index (χ2n) is 6.24. The predicted octanol–water partition coefficient (Wildman–Crippen LogP) is 3.84. The molecule has 1 unspecified atom stereocenters. The average Bonchev–Trinajstić information content (AvgIpc) is 2.17. The first-order chi connectivity index (χ1) is 8.20. The van der Waals surface area contributed by atoms with E-state index in [9.17, 15) is 0 Å². The van der Waals surface area contributed by atoms with Gasteiger partial charge in [0.15, 0.2) is 7.85 Å². The molecule has 3 heteroatoms. The third-order valence-corrected chi connectivity index (χ3v) is 3.49. The van der Waals surface area contributed by atoms with Crippen molar-refractivity contribution in [3.63, 3.8) is 0 Å². The van der Waals surface area contributed by atoms with Crippen LogP contribution in [0.2, 0.25) is 0 Å². The second-order valence-corrected chi connectivity index (χ2v) is 7.89. The minimum absolute atomic E-state index is 0.109. The fraction of sp³-hybridized carbons (Fsp3) is 0.600. The van der Waals surface area contributed by atoms with E-state index in [0.29, 0.717) is 5.25 Å². The van der Waals surface area contributed by atoms with Crippen LogP contribution in [0.3, 0.4) is 0 Å². The van der Waals surface area contributed by atoms with Crippen LogP contribution in [-0.4, -0.2) is 19.1 Å². The van der Waals surface area contributed by atoms with Crippen LogP contribution in [0, 0.1) is 0 Å². The first kappa shape index (κ1) is 15.5. The summed E-state index contributed by atoms with van der Waals surface area (Å²) in [5.74, 6) is 1.02. The van der Waals surface area contributed by atoms with Crippen LogP contribution in [0.25, 0.3) is 0 Å². The molecule has 0 saturated heterocycles. The van der Waals surface area contributed by atoms with Gasteiger partial charge in [-0.3, -0.25) is 0 Å². The molecule has 1 nitrogen and oxygen atoms in total. The zero-order valence-electron chi connectivity index (χ0n) is 12.7. The van der Waals surface area contributed by atoms with Gasteiger partial charge in [0.1, 0.15) is 5.75 Å². The van der Waals surface area contributed by atoms with Gasteiger partial charge in [0, 0.05) is 15.7 Å². The fourth-order valence-electron chi connectivity index (χ4n) is 1.80. The van der Waals surface area contributed by atoms with Crippen molar-refractivity contribution < 1.29 is 4.74 Å². The smallest absolute Gasteiger partial charge is 0.154 e. The molecule has 0 bridgehead atoms. The molecular formula is C15H25BOS. The summed E-state index contributed by atoms with van der Waals surface area (Å²) in [5, 5.41) is 0.606. The monoisotopic (exact) mass is 264 g/mol. The number of rotatable bonds is 4. The Kier molecular flexibility index (Phi) is 5.21. The molecule has 0 aromatic heterocycles. The van der Waals surface area contributed by atoms with Crippen molar-refractivity contribution in [3.05, 3.63) is 23.8 Å². The zero-order chi connectivity index (χ0) is 13.9. The van der Waals surface area contributed by atoms with E-state index in [0.717, 1.165) is 5.75 Å². The quantitative estimate of drug-likeness (QED) is 0.603. The number of ether oxygens (including phenoxy) is 1. The highest BCUT2D eigenvalue weighted by atomic mass is 32.2. The molecule has 0 aliphatic rings. The lowest BCUT2D eigenvalue weighted by Crippen LogP contribution is -2.17. The number of thioether (sulfide) groups is 1. The van der Waals surface area contributed by atoms with Crippen LogP contribution in [0.5, 0.6) is 5.75 Å². The summed E-state index contributed by atoms with van der Waals surface area (Å²) in [5.41, 5.74) is 1.40. The van der Waals surface area contributed by atoms with Crippen molar-refractivity contribution in [2.45, 2.75) is 63.1 Å². The minimum Gasteiger partial charge on any atom is -0.500 e. The normalized spacial score (nSPS) is 13.7. The van der Waals surface area contributed by atoms with E-state index in [4.69, 9.17) is 4.74 Å². The summed E-state index contributed by atoms with van der Waals surface area (Å²) in [6, 6.07) is 6.78. The van der Waals surface area contributed by atoms with Crippen molar-refractivity contribution in [3.8, 4) is 5.75 Å². The highest BCUT2D eigenvalue weighted by Gasteiger charge is 2.20. The molecule has 0 fully saturated rings. The molecule has 1 atom stereocenters. The highest BCUT2D eigenvalue weighted by Crippen LogP contribution is 2.36. The molecule has 0 amide bonds. The Bertz CT molecular complexity index is 394. The summed E-state index contributed by atoms with van der Waals surface area (Å²) in [6.07, 6.45) is 0. The minimum atomic E-state index is 0.109. The summed E-state index contributed by atoms with van der Waals surface area (Å²) >= 11 is 1.90.